The summed E-state index contributed by atoms with van der Waals surface area (Å²) in [6.45, 7) is 5.56. The summed E-state index contributed by atoms with van der Waals surface area (Å²) in [5.74, 6) is -0.149. The molecule has 0 N–H and O–H groups in total. The molecule has 1 saturated heterocycles. The van der Waals surface area contributed by atoms with E-state index in [9.17, 15) is 9.59 Å². The second kappa shape index (κ2) is 20.8. The zero-order valence-electron chi connectivity index (χ0n) is 20.3. The smallest absolute Gasteiger partial charge is 0.305 e. The number of hydrogen-bond acceptors (Lipinski definition) is 5. The summed E-state index contributed by atoms with van der Waals surface area (Å²) in [5, 5.41) is 0. The van der Waals surface area contributed by atoms with Gasteiger partial charge in [-0.3, -0.25) is 14.5 Å². The predicted molar refractivity (Wildman–Crippen MR) is 127 cm³/mol. The van der Waals surface area contributed by atoms with Crippen LogP contribution in [-0.2, 0) is 19.1 Å². The molecule has 0 saturated carbocycles. The topological polar surface area (TPSA) is 55.8 Å². The van der Waals surface area contributed by atoms with E-state index in [0.29, 0.717) is 26.1 Å². The third-order valence-electron chi connectivity index (χ3n) is 6.18. The molecule has 0 aromatic rings. The fraction of sp³-hybridized carbons (Fsp3) is 0.923. The minimum Gasteiger partial charge on any atom is -0.464 e. The van der Waals surface area contributed by atoms with Gasteiger partial charge in [0.15, 0.2) is 0 Å². The fourth-order valence-corrected chi connectivity index (χ4v) is 4.13. The number of cyclic esters (lactones) is 2. The highest BCUT2D eigenvalue weighted by molar-refractivity contribution is 5.69. The Bertz CT molecular complexity index is 413. The molecule has 1 rings (SSSR count). The van der Waals surface area contributed by atoms with Gasteiger partial charge >= 0.3 is 11.9 Å². The molecule has 182 valence electrons. The molecule has 1 fully saturated rings. The summed E-state index contributed by atoms with van der Waals surface area (Å²) in [5.41, 5.74) is 0. The molecule has 0 radical (unpaired) electrons. The van der Waals surface area contributed by atoms with Crippen molar-refractivity contribution in [2.45, 2.75) is 122 Å². The van der Waals surface area contributed by atoms with E-state index in [-0.39, 0.29) is 11.9 Å². The van der Waals surface area contributed by atoms with E-state index in [4.69, 9.17) is 9.47 Å². The van der Waals surface area contributed by atoms with Crippen LogP contribution in [0.25, 0.3) is 0 Å². The molecular formula is C26H49NO4. The van der Waals surface area contributed by atoms with E-state index >= 15 is 0 Å². The summed E-state index contributed by atoms with van der Waals surface area (Å²) < 4.78 is 10.9. The number of ether oxygens (including phenoxy) is 2. The fourth-order valence-electron chi connectivity index (χ4n) is 4.13. The Morgan fingerprint density at radius 2 is 1.03 bits per heavy atom. The maximum Gasteiger partial charge on any atom is 0.305 e. The van der Waals surface area contributed by atoms with Crippen molar-refractivity contribution in [3.05, 3.63) is 0 Å². The Labute approximate surface area is 191 Å². The van der Waals surface area contributed by atoms with Gasteiger partial charge in [0.2, 0.25) is 0 Å². The molecule has 0 unspecified atom stereocenters. The quantitative estimate of drug-likeness (QED) is 0.274. The lowest BCUT2D eigenvalue weighted by atomic mass is 10.1. The molecule has 0 atom stereocenters. The average molecular weight is 440 g/mol. The van der Waals surface area contributed by atoms with Crippen LogP contribution in [-0.4, -0.2) is 49.7 Å². The van der Waals surface area contributed by atoms with Crippen LogP contribution in [0.3, 0.4) is 0 Å². The van der Waals surface area contributed by atoms with Gasteiger partial charge in [-0.1, -0.05) is 90.4 Å². The van der Waals surface area contributed by atoms with E-state index in [0.717, 1.165) is 64.6 Å². The maximum absolute atomic E-state index is 11.9. The molecule has 1 aliphatic heterocycles. The number of rotatable bonds is 11. The largest absolute Gasteiger partial charge is 0.464 e. The minimum absolute atomic E-state index is 0.0744. The van der Waals surface area contributed by atoms with Gasteiger partial charge in [-0.05, 0) is 25.8 Å². The van der Waals surface area contributed by atoms with Gasteiger partial charge in [-0.15, -0.1) is 0 Å². The van der Waals surface area contributed by atoms with Crippen LogP contribution in [0.2, 0.25) is 0 Å². The Morgan fingerprint density at radius 3 is 1.52 bits per heavy atom. The summed E-state index contributed by atoms with van der Waals surface area (Å²) in [4.78, 5) is 26.1. The van der Waals surface area contributed by atoms with Gasteiger partial charge in [0, 0.05) is 25.9 Å². The van der Waals surface area contributed by atoms with Crippen LogP contribution in [0.4, 0.5) is 0 Å². The highest BCUT2D eigenvalue weighted by Gasteiger charge is 2.10. The van der Waals surface area contributed by atoms with E-state index in [1.807, 2.05) is 0 Å². The van der Waals surface area contributed by atoms with Crippen molar-refractivity contribution in [3.63, 3.8) is 0 Å². The van der Waals surface area contributed by atoms with Crippen molar-refractivity contribution >= 4 is 11.9 Å². The second-order valence-electron chi connectivity index (χ2n) is 9.09. The molecule has 31 heavy (non-hydrogen) atoms. The van der Waals surface area contributed by atoms with Crippen LogP contribution >= 0.6 is 0 Å². The molecule has 5 heteroatoms. The van der Waals surface area contributed by atoms with E-state index < -0.39 is 0 Å². The summed E-state index contributed by atoms with van der Waals surface area (Å²) in [6, 6.07) is 0. The Kier molecular flexibility index (Phi) is 18.7. The van der Waals surface area contributed by atoms with Crippen molar-refractivity contribution in [1.29, 1.82) is 0 Å². The minimum atomic E-state index is -0.0744. The van der Waals surface area contributed by atoms with Crippen molar-refractivity contribution in [2.24, 2.45) is 0 Å². The lowest BCUT2D eigenvalue weighted by molar-refractivity contribution is -0.144. The normalized spacial score (nSPS) is 18.9. The Balaban J connectivity index is 2.24. The number of esters is 2. The molecule has 0 amide bonds. The first-order chi connectivity index (χ1) is 15.2. The second-order valence-corrected chi connectivity index (χ2v) is 9.09. The first-order valence-electron chi connectivity index (χ1n) is 13.3. The summed E-state index contributed by atoms with van der Waals surface area (Å²) in [7, 11) is 0. The van der Waals surface area contributed by atoms with Gasteiger partial charge in [0.1, 0.15) is 13.2 Å². The van der Waals surface area contributed by atoms with Crippen molar-refractivity contribution < 1.29 is 19.1 Å². The number of carbonyl (C=O) groups is 2. The molecule has 5 nitrogen and oxygen atoms in total. The molecule has 0 aromatic heterocycles. The summed E-state index contributed by atoms with van der Waals surface area (Å²) >= 11 is 0. The van der Waals surface area contributed by atoms with Gasteiger partial charge in [0.25, 0.3) is 0 Å². The molecular weight excluding hydrogens is 390 g/mol. The lowest BCUT2D eigenvalue weighted by Crippen LogP contribution is -2.33. The van der Waals surface area contributed by atoms with Crippen molar-refractivity contribution in [1.82, 2.24) is 4.90 Å². The van der Waals surface area contributed by atoms with Crippen molar-refractivity contribution in [3.8, 4) is 0 Å². The van der Waals surface area contributed by atoms with Gasteiger partial charge in [-0.2, -0.15) is 0 Å². The lowest BCUT2D eigenvalue weighted by Gasteiger charge is -2.22. The van der Waals surface area contributed by atoms with Crippen LogP contribution in [0.1, 0.15) is 122 Å². The van der Waals surface area contributed by atoms with Crippen LogP contribution < -0.4 is 0 Å². The molecule has 1 aliphatic rings. The monoisotopic (exact) mass is 439 g/mol. The van der Waals surface area contributed by atoms with Gasteiger partial charge < -0.3 is 9.47 Å². The van der Waals surface area contributed by atoms with E-state index in [2.05, 4.69) is 11.8 Å². The number of hydrogen-bond donors (Lipinski definition) is 0. The number of unbranched alkanes of at least 4 members (excludes halogenated alkanes) is 9. The first-order valence-corrected chi connectivity index (χ1v) is 13.3. The molecule has 1 heterocycles. The molecule has 0 bridgehead atoms. The Hall–Kier alpha value is -1.10. The standard InChI is InChI=1S/C26H49NO4/c1-2-3-4-5-6-7-8-11-14-17-20-27-21-23-30-25(28)18-15-12-9-10-13-16-19-26(29)31-24-22-27/h2-24H2,1H3. The molecule has 0 aromatic carbocycles. The van der Waals surface area contributed by atoms with Gasteiger partial charge in [-0.25, -0.2) is 0 Å². The van der Waals surface area contributed by atoms with Crippen LogP contribution in [0, 0.1) is 0 Å². The third kappa shape index (κ3) is 18.2. The highest BCUT2D eigenvalue weighted by atomic mass is 16.5. The molecule has 0 aliphatic carbocycles. The zero-order valence-corrected chi connectivity index (χ0v) is 20.3. The third-order valence-corrected chi connectivity index (χ3v) is 6.18. The number of carbonyl (C=O) groups excluding carboxylic acids is 2. The zero-order chi connectivity index (χ0) is 22.4. The predicted octanol–water partition coefficient (Wildman–Crippen LogP) is 6.43. The van der Waals surface area contributed by atoms with Crippen molar-refractivity contribution in [2.75, 3.05) is 32.8 Å². The number of nitrogens with zero attached hydrogens (tertiary/aromatic N) is 1. The molecule has 0 spiro atoms. The summed E-state index contributed by atoms with van der Waals surface area (Å²) in [6.07, 6.45) is 20.5. The van der Waals surface area contributed by atoms with E-state index in [1.54, 1.807) is 0 Å². The maximum atomic E-state index is 11.9. The Morgan fingerprint density at radius 1 is 0.613 bits per heavy atom. The van der Waals surface area contributed by atoms with E-state index in [1.165, 1.54) is 57.8 Å². The highest BCUT2D eigenvalue weighted by Crippen LogP contribution is 2.12. The average Bonchev–Trinajstić information content (AvgIpc) is 2.76. The van der Waals surface area contributed by atoms with Crippen LogP contribution in [0.5, 0.6) is 0 Å². The SMILES string of the molecule is CCCCCCCCCCCCN1CCOC(=O)CCCCCCCCC(=O)OCC1. The van der Waals surface area contributed by atoms with Gasteiger partial charge in [0.05, 0.1) is 0 Å². The van der Waals surface area contributed by atoms with Crippen LogP contribution in [0.15, 0.2) is 0 Å². The first kappa shape index (κ1) is 27.9.